The molecule has 2 aromatic rings. The van der Waals surface area contributed by atoms with Crippen molar-refractivity contribution < 1.29 is 9.53 Å². The lowest BCUT2D eigenvalue weighted by molar-refractivity contribution is -0.132. The number of halogens is 3. The van der Waals surface area contributed by atoms with Crippen LogP contribution in [-0.2, 0) is 9.53 Å². The summed E-state index contributed by atoms with van der Waals surface area (Å²) < 4.78 is 6.31. The highest BCUT2D eigenvalue weighted by atomic mass is 35.5. The molecular formula is C21H22Cl3NO2. The summed E-state index contributed by atoms with van der Waals surface area (Å²) in [4.78, 5) is 15.1. The van der Waals surface area contributed by atoms with Crippen LogP contribution in [0.15, 0.2) is 42.5 Å². The van der Waals surface area contributed by atoms with Crippen molar-refractivity contribution in [3.8, 4) is 0 Å². The van der Waals surface area contributed by atoms with E-state index in [-0.39, 0.29) is 5.91 Å². The number of alkyl halides is 1. The third-order valence-corrected chi connectivity index (χ3v) is 5.31. The van der Waals surface area contributed by atoms with E-state index >= 15 is 0 Å². The molecule has 0 fully saturated rings. The first-order chi connectivity index (χ1) is 12.9. The number of rotatable bonds is 5. The second kappa shape index (κ2) is 8.83. The molecule has 1 aliphatic rings. The van der Waals surface area contributed by atoms with E-state index in [0.717, 1.165) is 16.8 Å². The van der Waals surface area contributed by atoms with Gasteiger partial charge in [0, 0.05) is 39.3 Å². The Labute approximate surface area is 175 Å². The average molecular weight is 427 g/mol. The fourth-order valence-electron chi connectivity index (χ4n) is 3.34. The number of hydrogen-bond donors (Lipinski definition) is 0. The Hall–Kier alpha value is -1.26. The van der Waals surface area contributed by atoms with Crippen LogP contribution in [0.2, 0.25) is 10.0 Å². The molecule has 27 heavy (non-hydrogen) atoms. The summed E-state index contributed by atoms with van der Waals surface area (Å²) >= 11 is 18.7. The minimum absolute atomic E-state index is 0.0810. The lowest BCUT2D eigenvalue weighted by atomic mass is 9.99. The Kier molecular flexibility index (Phi) is 6.69. The zero-order valence-corrected chi connectivity index (χ0v) is 17.6. The van der Waals surface area contributed by atoms with Crippen LogP contribution >= 0.6 is 34.8 Å². The Balaban J connectivity index is 2.19. The van der Waals surface area contributed by atoms with Gasteiger partial charge in [0.1, 0.15) is 12.2 Å². The standard InChI is InChI=1S/C21H22Cl3NO2/c1-13(2)12-25-18-8-7-14(23)11-16(18)20(15-5-3-4-6-17(15)24)27-19(9-10-22)21(25)26/h3-8,11,13,19-20H,9-10,12H2,1-2H3/t19-,20-/m0/s1. The number of hydrogen-bond acceptors (Lipinski definition) is 2. The van der Waals surface area contributed by atoms with E-state index in [2.05, 4.69) is 13.8 Å². The summed E-state index contributed by atoms with van der Waals surface area (Å²) in [6.07, 6.45) is -0.715. The molecule has 0 saturated carbocycles. The number of carbonyl (C=O) groups excluding carboxylic acids is 1. The van der Waals surface area contributed by atoms with Gasteiger partial charge in [0.2, 0.25) is 0 Å². The Morgan fingerprint density at radius 2 is 1.85 bits per heavy atom. The first-order valence-corrected chi connectivity index (χ1v) is 10.3. The van der Waals surface area contributed by atoms with Crippen molar-refractivity contribution in [3.63, 3.8) is 0 Å². The first-order valence-electron chi connectivity index (χ1n) is 8.99. The van der Waals surface area contributed by atoms with Crippen molar-refractivity contribution in [1.29, 1.82) is 0 Å². The van der Waals surface area contributed by atoms with E-state index in [4.69, 9.17) is 39.5 Å². The lowest BCUT2D eigenvalue weighted by Crippen LogP contribution is -2.41. The molecule has 1 heterocycles. The fraction of sp³-hybridized carbons (Fsp3) is 0.381. The van der Waals surface area contributed by atoms with Crippen LogP contribution in [0.5, 0.6) is 0 Å². The molecule has 0 unspecified atom stereocenters. The van der Waals surface area contributed by atoms with E-state index < -0.39 is 12.2 Å². The van der Waals surface area contributed by atoms with Crippen molar-refractivity contribution in [1.82, 2.24) is 0 Å². The van der Waals surface area contributed by atoms with Gasteiger partial charge in [-0.1, -0.05) is 55.2 Å². The smallest absolute Gasteiger partial charge is 0.256 e. The minimum atomic E-state index is -0.645. The summed E-state index contributed by atoms with van der Waals surface area (Å²) in [6.45, 7) is 4.75. The number of amides is 1. The normalized spacial score (nSPS) is 19.9. The van der Waals surface area contributed by atoms with Gasteiger partial charge >= 0.3 is 0 Å². The zero-order valence-electron chi connectivity index (χ0n) is 15.3. The van der Waals surface area contributed by atoms with Gasteiger partial charge in [0.15, 0.2) is 0 Å². The third kappa shape index (κ3) is 4.43. The number of ether oxygens (including phenoxy) is 1. The highest BCUT2D eigenvalue weighted by Gasteiger charge is 2.37. The van der Waals surface area contributed by atoms with Gasteiger partial charge in [-0.05, 0) is 36.6 Å². The third-order valence-electron chi connectivity index (χ3n) is 4.51. The van der Waals surface area contributed by atoms with Crippen LogP contribution in [0, 0.1) is 5.92 Å². The molecule has 0 radical (unpaired) electrons. The van der Waals surface area contributed by atoms with Crippen molar-refractivity contribution in [2.45, 2.75) is 32.5 Å². The number of anilines is 1. The van der Waals surface area contributed by atoms with Crippen molar-refractivity contribution in [2.75, 3.05) is 17.3 Å². The maximum Gasteiger partial charge on any atom is 0.256 e. The van der Waals surface area contributed by atoms with E-state index in [1.54, 1.807) is 11.0 Å². The van der Waals surface area contributed by atoms with Crippen LogP contribution in [0.1, 0.15) is 37.5 Å². The van der Waals surface area contributed by atoms with Crippen LogP contribution < -0.4 is 4.90 Å². The molecular weight excluding hydrogens is 405 g/mol. The summed E-state index contributed by atoms with van der Waals surface area (Å²) in [6, 6.07) is 13.0. The van der Waals surface area contributed by atoms with Gasteiger partial charge in [-0.25, -0.2) is 0 Å². The van der Waals surface area contributed by atoms with Crippen LogP contribution in [0.3, 0.4) is 0 Å². The molecule has 3 rings (SSSR count). The molecule has 0 aromatic heterocycles. The minimum Gasteiger partial charge on any atom is -0.356 e. The molecule has 0 spiro atoms. The second-order valence-electron chi connectivity index (χ2n) is 7.05. The van der Waals surface area contributed by atoms with Crippen molar-refractivity contribution in [3.05, 3.63) is 63.6 Å². The van der Waals surface area contributed by atoms with Crippen LogP contribution in [0.4, 0.5) is 5.69 Å². The number of carbonyl (C=O) groups is 1. The highest BCUT2D eigenvalue weighted by molar-refractivity contribution is 6.31. The summed E-state index contributed by atoms with van der Waals surface area (Å²) in [7, 11) is 0. The predicted octanol–water partition coefficient (Wildman–Crippen LogP) is 6.10. The van der Waals surface area contributed by atoms with Crippen LogP contribution in [-0.4, -0.2) is 24.4 Å². The monoisotopic (exact) mass is 425 g/mol. The van der Waals surface area contributed by atoms with Crippen molar-refractivity contribution in [2.24, 2.45) is 5.92 Å². The average Bonchev–Trinajstić information content (AvgIpc) is 2.73. The summed E-state index contributed by atoms with van der Waals surface area (Å²) in [5, 5.41) is 1.17. The van der Waals surface area contributed by atoms with E-state index in [0.29, 0.717) is 34.8 Å². The number of fused-ring (bicyclic) bond motifs is 1. The fourth-order valence-corrected chi connectivity index (χ4v) is 3.96. The first kappa shape index (κ1) is 20.5. The van der Waals surface area contributed by atoms with Gasteiger partial charge in [-0.3, -0.25) is 4.79 Å². The molecule has 0 N–H and O–H groups in total. The van der Waals surface area contributed by atoms with Gasteiger partial charge in [-0.15, -0.1) is 11.6 Å². The zero-order chi connectivity index (χ0) is 19.6. The van der Waals surface area contributed by atoms with E-state index in [9.17, 15) is 4.79 Å². The second-order valence-corrected chi connectivity index (χ2v) is 8.27. The Morgan fingerprint density at radius 1 is 1.11 bits per heavy atom. The van der Waals surface area contributed by atoms with E-state index in [1.807, 2.05) is 36.4 Å². The van der Waals surface area contributed by atoms with Gasteiger partial charge in [0.25, 0.3) is 5.91 Å². The van der Waals surface area contributed by atoms with Crippen molar-refractivity contribution >= 4 is 46.4 Å². The van der Waals surface area contributed by atoms with E-state index in [1.165, 1.54) is 0 Å². The largest absolute Gasteiger partial charge is 0.356 e. The van der Waals surface area contributed by atoms with Crippen LogP contribution in [0.25, 0.3) is 0 Å². The molecule has 6 heteroatoms. The number of nitrogens with zero attached hydrogens (tertiary/aromatic N) is 1. The molecule has 2 aromatic carbocycles. The number of benzene rings is 2. The van der Waals surface area contributed by atoms with Gasteiger partial charge in [0.05, 0.1) is 0 Å². The molecule has 144 valence electrons. The summed E-state index contributed by atoms with van der Waals surface area (Å²) in [5.74, 6) is 0.548. The molecule has 0 saturated heterocycles. The topological polar surface area (TPSA) is 29.5 Å². The van der Waals surface area contributed by atoms with Gasteiger partial charge in [-0.2, -0.15) is 0 Å². The molecule has 1 aliphatic heterocycles. The Morgan fingerprint density at radius 3 is 2.52 bits per heavy atom. The highest BCUT2D eigenvalue weighted by Crippen LogP contribution is 2.42. The maximum absolute atomic E-state index is 13.3. The van der Waals surface area contributed by atoms with Gasteiger partial charge < -0.3 is 9.64 Å². The molecule has 1 amide bonds. The Bertz CT molecular complexity index is 825. The maximum atomic E-state index is 13.3. The lowest BCUT2D eigenvalue weighted by Gasteiger charge is -2.26. The molecule has 3 nitrogen and oxygen atoms in total. The quantitative estimate of drug-likeness (QED) is 0.541. The summed E-state index contributed by atoms with van der Waals surface area (Å²) in [5.41, 5.74) is 2.45. The molecule has 0 bridgehead atoms. The molecule has 2 atom stereocenters. The predicted molar refractivity (Wildman–Crippen MR) is 112 cm³/mol. The molecule has 0 aliphatic carbocycles. The SMILES string of the molecule is CC(C)CN1C(=O)[C@H](CCCl)O[C@@H](c2ccccc2Cl)c2cc(Cl)ccc21.